The number of nitrogen functional groups attached to an aromatic ring is 1. The molecule has 0 heterocycles. The molecule has 0 bridgehead atoms. The van der Waals surface area contributed by atoms with Crippen LogP contribution < -0.4 is 5.73 Å². The van der Waals surface area contributed by atoms with Gasteiger partial charge in [0.25, 0.3) is 0 Å². The molecule has 28 heavy (non-hydrogen) atoms. The van der Waals surface area contributed by atoms with Gasteiger partial charge in [0.1, 0.15) is 0 Å². The van der Waals surface area contributed by atoms with Gasteiger partial charge in [-0.1, -0.05) is 94.1 Å². The predicted molar refractivity (Wildman–Crippen MR) is 126 cm³/mol. The van der Waals surface area contributed by atoms with Gasteiger partial charge in [0.05, 0.1) is 7.18 Å². The largest absolute Gasteiger partial charge is 0.399 e. The van der Waals surface area contributed by atoms with E-state index in [0.717, 1.165) is 24.9 Å². The van der Waals surface area contributed by atoms with Gasteiger partial charge in [-0.2, -0.15) is 0 Å². The van der Waals surface area contributed by atoms with Gasteiger partial charge in [0.2, 0.25) is 0 Å². The molecule has 0 saturated carbocycles. The molecule has 0 unspecified atom stereocenters. The van der Waals surface area contributed by atoms with E-state index in [4.69, 9.17) is 5.73 Å². The van der Waals surface area contributed by atoms with Gasteiger partial charge in [0, 0.05) is 5.69 Å². The van der Waals surface area contributed by atoms with Crippen molar-refractivity contribution >= 4 is 5.69 Å². The zero-order valence-electron chi connectivity index (χ0n) is 18.3. The second-order valence-electron chi connectivity index (χ2n) is 5.51. The van der Waals surface area contributed by atoms with E-state index in [9.17, 15) is 4.39 Å². The smallest absolute Gasteiger partial charge is 0.0785 e. The fourth-order valence-electron chi connectivity index (χ4n) is 2.36. The van der Waals surface area contributed by atoms with E-state index in [0.29, 0.717) is 7.18 Å². The summed E-state index contributed by atoms with van der Waals surface area (Å²) in [6.45, 7) is 12.0. The molecule has 0 aliphatic heterocycles. The van der Waals surface area contributed by atoms with Gasteiger partial charge >= 0.3 is 0 Å². The summed E-state index contributed by atoms with van der Waals surface area (Å²) < 4.78 is 9.50. The highest BCUT2D eigenvalue weighted by molar-refractivity contribution is 5.45. The molecular formula is C26H38FN. The molecule has 0 saturated heterocycles. The van der Waals surface area contributed by atoms with Crippen molar-refractivity contribution in [1.29, 1.82) is 0 Å². The van der Waals surface area contributed by atoms with E-state index in [2.05, 4.69) is 37.8 Å². The van der Waals surface area contributed by atoms with E-state index in [-0.39, 0.29) is 0 Å². The third-order valence-electron chi connectivity index (χ3n) is 3.73. The minimum absolute atomic E-state index is 0.500. The second kappa shape index (κ2) is 20.7. The van der Waals surface area contributed by atoms with E-state index in [1.807, 2.05) is 75.4 Å². The molecule has 0 atom stereocenters. The summed E-state index contributed by atoms with van der Waals surface area (Å²) in [5, 5.41) is 0. The standard InChI is InChI=1S/C17H23N.C6H6.C2H6.CH3F/c1-4-7-8-14(5-2)9-10-16-11-12-17(18)13-15(16)6-3;1-2-4-6-5-3-1;2*1-2/h4-5,7-8,11-13H,2,6,9-10,18H2,1,3H3;1-6H;1-2H3;1H3/b7-4-,14-8+;;;. The summed E-state index contributed by atoms with van der Waals surface area (Å²) in [6, 6.07) is 18.2. The number of aryl methyl sites for hydroxylation is 2. The Hall–Kier alpha value is -2.61. The fourth-order valence-corrected chi connectivity index (χ4v) is 2.36. The fraction of sp³-hybridized carbons (Fsp3) is 0.308. The van der Waals surface area contributed by atoms with Crippen molar-refractivity contribution in [3.63, 3.8) is 0 Å². The molecule has 2 heteroatoms. The summed E-state index contributed by atoms with van der Waals surface area (Å²) in [5.41, 5.74) is 10.7. The first kappa shape index (κ1) is 27.6. The van der Waals surface area contributed by atoms with Gasteiger partial charge in [-0.15, -0.1) is 0 Å². The molecule has 2 aromatic carbocycles. The highest BCUT2D eigenvalue weighted by Crippen LogP contribution is 2.18. The number of benzene rings is 2. The zero-order chi connectivity index (χ0) is 21.6. The summed E-state index contributed by atoms with van der Waals surface area (Å²) in [5.74, 6) is 0. The topological polar surface area (TPSA) is 26.0 Å². The molecule has 0 aliphatic rings. The van der Waals surface area contributed by atoms with E-state index < -0.39 is 0 Å². The Bertz CT molecular complexity index is 631. The van der Waals surface area contributed by atoms with E-state index in [1.165, 1.54) is 16.7 Å². The molecule has 2 aromatic rings. The Balaban J connectivity index is 0. The summed E-state index contributed by atoms with van der Waals surface area (Å²) >= 11 is 0. The molecule has 0 amide bonds. The number of hydrogen-bond donors (Lipinski definition) is 1. The van der Waals surface area contributed by atoms with Crippen LogP contribution in [-0.2, 0) is 12.8 Å². The Morgan fingerprint density at radius 3 is 1.96 bits per heavy atom. The summed E-state index contributed by atoms with van der Waals surface area (Å²) in [6.07, 6.45) is 11.2. The van der Waals surface area contributed by atoms with Crippen LogP contribution in [0.3, 0.4) is 0 Å². The van der Waals surface area contributed by atoms with Crippen LogP contribution in [0.15, 0.2) is 91.1 Å². The number of halogens is 1. The van der Waals surface area contributed by atoms with Gasteiger partial charge < -0.3 is 5.73 Å². The van der Waals surface area contributed by atoms with Crippen LogP contribution >= 0.6 is 0 Å². The maximum absolute atomic E-state index is 9.50. The lowest BCUT2D eigenvalue weighted by Crippen LogP contribution is -1.96. The Morgan fingerprint density at radius 1 is 1.00 bits per heavy atom. The lowest BCUT2D eigenvalue weighted by atomic mass is 9.97. The minimum Gasteiger partial charge on any atom is -0.399 e. The Morgan fingerprint density at radius 2 is 1.54 bits per heavy atom. The van der Waals surface area contributed by atoms with Crippen molar-refractivity contribution in [3.8, 4) is 0 Å². The highest BCUT2D eigenvalue weighted by Gasteiger charge is 2.02. The lowest BCUT2D eigenvalue weighted by molar-refractivity contribution is 0.636. The van der Waals surface area contributed by atoms with Crippen molar-refractivity contribution < 1.29 is 4.39 Å². The van der Waals surface area contributed by atoms with Crippen LogP contribution in [0, 0.1) is 0 Å². The van der Waals surface area contributed by atoms with Gasteiger partial charge in [-0.05, 0) is 55.0 Å². The number of allylic oxidation sites excluding steroid dienone is 5. The maximum Gasteiger partial charge on any atom is 0.0785 e. The molecule has 154 valence electrons. The second-order valence-corrected chi connectivity index (χ2v) is 5.51. The van der Waals surface area contributed by atoms with Crippen molar-refractivity contribution in [3.05, 3.63) is 102 Å². The van der Waals surface area contributed by atoms with Gasteiger partial charge in [-0.3, -0.25) is 4.39 Å². The highest BCUT2D eigenvalue weighted by atomic mass is 19.1. The molecule has 1 nitrogen and oxygen atoms in total. The molecule has 0 fully saturated rings. The zero-order valence-corrected chi connectivity index (χ0v) is 18.3. The summed E-state index contributed by atoms with van der Waals surface area (Å²) in [7, 11) is 0.500. The maximum atomic E-state index is 9.50. The molecule has 0 radical (unpaired) electrons. The van der Waals surface area contributed by atoms with Crippen LogP contribution in [0.4, 0.5) is 10.1 Å². The SMILES string of the molecule is C=C/C(=C\C=C/C)CCc1ccc(N)cc1CC.CC.CF.c1ccccc1. The van der Waals surface area contributed by atoms with Gasteiger partial charge in [0.15, 0.2) is 0 Å². The van der Waals surface area contributed by atoms with Crippen LogP contribution in [0.25, 0.3) is 0 Å². The quantitative estimate of drug-likeness (QED) is 0.400. The number of nitrogens with two attached hydrogens (primary N) is 1. The third-order valence-corrected chi connectivity index (χ3v) is 3.73. The van der Waals surface area contributed by atoms with Crippen molar-refractivity contribution in [1.82, 2.24) is 0 Å². The first-order valence-corrected chi connectivity index (χ1v) is 9.90. The predicted octanol–water partition coefficient (Wildman–Crippen LogP) is 7.75. The van der Waals surface area contributed by atoms with Crippen molar-refractivity contribution in [2.24, 2.45) is 0 Å². The number of anilines is 1. The molecule has 0 spiro atoms. The summed E-state index contributed by atoms with van der Waals surface area (Å²) in [4.78, 5) is 0. The first-order valence-electron chi connectivity index (χ1n) is 9.90. The molecule has 0 aromatic heterocycles. The molecule has 2 rings (SSSR count). The monoisotopic (exact) mass is 383 g/mol. The van der Waals surface area contributed by atoms with Crippen LogP contribution in [0.2, 0.25) is 0 Å². The Kier molecular flexibility index (Phi) is 20.4. The average molecular weight is 384 g/mol. The Labute approximate surface area is 172 Å². The van der Waals surface area contributed by atoms with Crippen molar-refractivity contribution in [2.45, 2.75) is 47.0 Å². The van der Waals surface area contributed by atoms with E-state index in [1.54, 1.807) is 0 Å². The molecule has 2 N–H and O–H groups in total. The van der Waals surface area contributed by atoms with Crippen LogP contribution in [-0.4, -0.2) is 7.18 Å². The normalized spacial score (nSPS) is 9.86. The van der Waals surface area contributed by atoms with Crippen molar-refractivity contribution in [2.75, 3.05) is 12.9 Å². The number of alkyl halides is 1. The lowest BCUT2D eigenvalue weighted by Gasteiger charge is -2.09. The number of hydrogen-bond acceptors (Lipinski definition) is 1. The van der Waals surface area contributed by atoms with Crippen LogP contribution in [0.1, 0.15) is 45.2 Å². The van der Waals surface area contributed by atoms with Crippen LogP contribution in [0.5, 0.6) is 0 Å². The average Bonchev–Trinajstić information content (AvgIpc) is 2.79. The van der Waals surface area contributed by atoms with Gasteiger partial charge in [-0.25, -0.2) is 0 Å². The molecule has 0 aliphatic carbocycles. The number of rotatable bonds is 6. The minimum atomic E-state index is 0.500. The first-order chi connectivity index (χ1) is 13.7. The third kappa shape index (κ3) is 13.6. The van der Waals surface area contributed by atoms with E-state index >= 15 is 0 Å². The molecular weight excluding hydrogens is 345 g/mol.